The summed E-state index contributed by atoms with van der Waals surface area (Å²) in [6, 6.07) is 3.37. The van der Waals surface area contributed by atoms with Crippen LogP contribution < -0.4 is 10.5 Å². The van der Waals surface area contributed by atoms with Crippen molar-refractivity contribution < 1.29 is 9.84 Å². The van der Waals surface area contributed by atoms with Crippen LogP contribution in [0.15, 0.2) is 12.1 Å². The highest BCUT2D eigenvalue weighted by Gasteiger charge is 2.13. The van der Waals surface area contributed by atoms with Crippen molar-refractivity contribution in [2.45, 2.75) is 32.2 Å². The number of unbranched alkanes of at least 4 members (excludes halogenated alkanes) is 1. The molecule has 0 aliphatic heterocycles. The van der Waals surface area contributed by atoms with Gasteiger partial charge < -0.3 is 15.6 Å². The summed E-state index contributed by atoms with van der Waals surface area (Å²) in [6.07, 6.45) is 3.08. The van der Waals surface area contributed by atoms with E-state index in [0.29, 0.717) is 5.75 Å². The zero-order chi connectivity index (χ0) is 12.1. The lowest BCUT2D eigenvalue weighted by atomic mass is 10.0. The molecule has 0 aliphatic rings. The van der Waals surface area contributed by atoms with Gasteiger partial charge in [-0.05, 0) is 24.1 Å². The molecular formula is C12H18ClNO2. The molecule has 4 heteroatoms. The topological polar surface area (TPSA) is 55.5 Å². The molecular weight excluding hydrogens is 226 g/mol. The summed E-state index contributed by atoms with van der Waals surface area (Å²) in [4.78, 5) is 0. The van der Waals surface area contributed by atoms with Crippen molar-refractivity contribution in [2.24, 2.45) is 5.73 Å². The number of halogens is 1. The number of hydrogen-bond acceptors (Lipinski definition) is 3. The minimum absolute atomic E-state index is 0.0318. The summed E-state index contributed by atoms with van der Waals surface area (Å²) < 4.78 is 5.03. The molecule has 0 unspecified atom stereocenters. The normalized spacial score (nSPS) is 12.5. The molecule has 0 aromatic heterocycles. The maximum absolute atomic E-state index is 9.58. The van der Waals surface area contributed by atoms with Crippen LogP contribution in [-0.2, 0) is 0 Å². The summed E-state index contributed by atoms with van der Waals surface area (Å²) in [6.45, 7) is 2.12. The molecule has 0 saturated heterocycles. The molecule has 0 saturated carbocycles. The number of rotatable bonds is 5. The predicted molar refractivity (Wildman–Crippen MR) is 66.1 cm³/mol. The fraction of sp³-hybridized carbons (Fsp3) is 0.500. The van der Waals surface area contributed by atoms with Gasteiger partial charge in [0, 0.05) is 6.04 Å². The Morgan fingerprint density at radius 2 is 2.19 bits per heavy atom. The maximum atomic E-state index is 9.58. The van der Waals surface area contributed by atoms with E-state index in [4.69, 9.17) is 22.1 Å². The van der Waals surface area contributed by atoms with Crippen LogP contribution in [0.2, 0.25) is 5.02 Å². The minimum Gasteiger partial charge on any atom is -0.503 e. The van der Waals surface area contributed by atoms with E-state index in [-0.39, 0.29) is 16.8 Å². The second kappa shape index (κ2) is 5.97. The number of aromatic hydroxyl groups is 1. The van der Waals surface area contributed by atoms with Gasteiger partial charge in [-0.2, -0.15) is 0 Å². The van der Waals surface area contributed by atoms with Crippen LogP contribution in [0.5, 0.6) is 11.5 Å². The Balaban J connectivity index is 2.92. The van der Waals surface area contributed by atoms with Gasteiger partial charge in [0.2, 0.25) is 0 Å². The molecule has 0 fully saturated rings. The van der Waals surface area contributed by atoms with Crippen molar-refractivity contribution in [1.82, 2.24) is 0 Å². The van der Waals surface area contributed by atoms with E-state index in [2.05, 4.69) is 6.92 Å². The lowest BCUT2D eigenvalue weighted by Crippen LogP contribution is -2.10. The van der Waals surface area contributed by atoms with Gasteiger partial charge in [0.25, 0.3) is 0 Å². The Morgan fingerprint density at radius 3 is 2.75 bits per heavy atom. The van der Waals surface area contributed by atoms with Crippen LogP contribution in [0.3, 0.4) is 0 Å². The lowest BCUT2D eigenvalue weighted by Gasteiger charge is -2.14. The van der Waals surface area contributed by atoms with E-state index in [9.17, 15) is 5.11 Å². The monoisotopic (exact) mass is 243 g/mol. The summed E-state index contributed by atoms with van der Waals surface area (Å²) >= 11 is 5.89. The molecule has 0 aliphatic carbocycles. The second-order valence-corrected chi connectivity index (χ2v) is 4.21. The maximum Gasteiger partial charge on any atom is 0.176 e. The van der Waals surface area contributed by atoms with Crippen LogP contribution in [0.1, 0.15) is 37.8 Å². The molecule has 3 N–H and O–H groups in total. The van der Waals surface area contributed by atoms with Gasteiger partial charge in [0.1, 0.15) is 0 Å². The zero-order valence-electron chi connectivity index (χ0n) is 9.66. The highest BCUT2D eigenvalue weighted by atomic mass is 35.5. The first-order valence-corrected chi connectivity index (χ1v) is 5.79. The number of phenolic OH excluding ortho intramolecular Hbond substituents is 1. The van der Waals surface area contributed by atoms with Crippen LogP contribution in [0.25, 0.3) is 0 Å². The summed E-state index contributed by atoms with van der Waals surface area (Å²) in [7, 11) is 1.49. The molecule has 0 radical (unpaired) electrons. The average Bonchev–Trinajstić information content (AvgIpc) is 2.29. The fourth-order valence-corrected chi connectivity index (χ4v) is 1.77. The number of nitrogens with two attached hydrogens (primary N) is 1. The molecule has 16 heavy (non-hydrogen) atoms. The van der Waals surface area contributed by atoms with Gasteiger partial charge >= 0.3 is 0 Å². The summed E-state index contributed by atoms with van der Waals surface area (Å²) in [5.41, 5.74) is 6.92. The third-order valence-corrected chi connectivity index (χ3v) is 2.86. The molecule has 0 bridgehead atoms. The first-order valence-electron chi connectivity index (χ1n) is 5.42. The predicted octanol–water partition coefficient (Wildman–Crippen LogP) is 3.24. The molecule has 90 valence electrons. The van der Waals surface area contributed by atoms with Gasteiger partial charge in [-0.25, -0.2) is 0 Å². The Morgan fingerprint density at radius 1 is 1.50 bits per heavy atom. The van der Waals surface area contributed by atoms with Crippen molar-refractivity contribution in [3.8, 4) is 11.5 Å². The van der Waals surface area contributed by atoms with Crippen molar-refractivity contribution >= 4 is 11.6 Å². The third-order valence-electron chi connectivity index (χ3n) is 2.57. The van der Waals surface area contributed by atoms with Crippen molar-refractivity contribution in [3.63, 3.8) is 0 Å². The van der Waals surface area contributed by atoms with Crippen molar-refractivity contribution in [2.75, 3.05) is 7.11 Å². The number of methoxy groups -OCH3 is 1. The number of hydrogen-bond donors (Lipinski definition) is 2. The first kappa shape index (κ1) is 13.1. The SMILES string of the molecule is CCCC[C@H](N)c1cc(Cl)c(O)c(OC)c1. The first-order chi connectivity index (χ1) is 7.60. The van der Waals surface area contributed by atoms with E-state index < -0.39 is 0 Å². The van der Waals surface area contributed by atoms with E-state index in [1.165, 1.54) is 7.11 Å². The summed E-state index contributed by atoms with van der Waals surface area (Å²) in [5, 5.41) is 9.86. The molecule has 1 atom stereocenters. The smallest absolute Gasteiger partial charge is 0.176 e. The van der Waals surface area contributed by atoms with E-state index >= 15 is 0 Å². The van der Waals surface area contributed by atoms with Crippen LogP contribution >= 0.6 is 11.6 Å². The Kier molecular flexibility index (Phi) is 4.90. The number of benzene rings is 1. The molecule has 0 heterocycles. The molecule has 0 spiro atoms. The second-order valence-electron chi connectivity index (χ2n) is 3.80. The quantitative estimate of drug-likeness (QED) is 0.835. The molecule has 0 amide bonds. The fourth-order valence-electron chi connectivity index (χ4n) is 1.55. The van der Waals surface area contributed by atoms with Gasteiger partial charge in [0.05, 0.1) is 12.1 Å². The average molecular weight is 244 g/mol. The highest BCUT2D eigenvalue weighted by Crippen LogP contribution is 2.36. The van der Waals surface area contributed by atoms with E-state index in [1.807, 2.05) is 0 Å². The van der Waals surface area contributed by atoms with E-state index in [0.717, 1.165) is 24.8 Å². The molecule has 1 rings (SSSR count). The van der Waals surface area contributed by atoms with E-state index in [1.54, 1.807) is 12.1 Å². The Labute approximate surface area is 101 Å². The Hall–Kier alpha value is -0.930. The minimum atomic E-state index is -0.0630. The lowest BCUT2D eigenvalue weighted by molar-refractivity contribution is 0.372. The largest absolute Gasteiger partial charge is 0.503 e. The Bertz CT molecular complexity index is 355. The van der Waals surface area contributed by atoms with Crippen molar-refractivity contribution in [1.29, 1.82) is 0 Å². The van der Waals surface area contributed by atoms with Gasteiger partial charge in [-0.15, -0.1) is 0 Å². The third kappa shape index (κ3) is 3.03. The summed E-state index contributed by atoms with van der Waals surface area (Å²) in [5.74, 6) is 0.338. The van der Waals surface area contributed by atoms with Gasteiger partial charge in [0.15, 0.2) is 11.5 Å². The number of ether oxygens (including phenoxy) is 1. The molecule has 1 aromatic rings. The van der Waals surface area contributed by atoms with Crippen LogP contribution in [-0.4, -0.2) is 12.2 Å². The van der Waals surface area contributed by atoms with Crippen LogP contribution in [0.4, 0.5) is 0 Å². The van der Waals surface area contributed by atoms with Gasteiger partial charge in [-0.3, -0.25) is 0 Å². The zero-order valence-corrected chi connectivity index (χ0v) is 10.4. The van der Waals surface area contributed by atoms with Gasteiger partial charge in [-0.1, -0.05) is 31.4 Å². The number of phenols is 1. The van der Waals surface area contributed by atoms with Crippen molar-refractivity contribution in [3.05, 3.63) is 22.7 Å². The standard InChI is InChI=1S/C12H18ClNO2/c1-3-4-5-10(14)8-6-9(13)12(15)11(7-8)16-2/h6-7,10,15H,3-5,14H2,1-2H3/t10-/m0/s1. The molecule has 1 aromatic carbocycles. The van der Waals surface area contributed by atoms with Crippen LogP contribution in [0, 0.1) is 0 Å². The molecule has 3 nitrogen and oxygen atoms in total. The highest BCUT2D eigenvalue weighted by molar-refractivity contribution is 6.32.